The second-order valence-electron chi connectivity index (χ2n) is 6.73. The van der Waals surface area contributed by atoms with Crippen molar-refractivity contribution in [3.8, 4) is 0 Å². The first-order valence-electron chi connectivity index (χ1n) is 8.92. The topological polar surface area (TPSA) is 41.3 Å². The molecular formula is C19H25N3O. The Kier molecular flexibility index (Phi) is 4.33. The molecule has 1 saturated heterocycles. The fraction of sp³-hybridized carbons (Fsp3) is 0.526. The zero-order valence-corrected chi connectivity index (χ0v) is 13.6. The molecule has 1 aromatic heterocycles. The van der Waals surface area contributed by atoms with E-state index in [1.165, 1.54) is 48.9 Å². The van der Waals surface area contributed by atoms with Crippen LogP contribution in [0.25, 0.3) is 0 Å². The van der Waals surface area contributed by atoms with Crippen LogP contribution < -0.4 is 5.32 Å². The number of piperidine rings is 1. The summed E-state index contributed by atoms with van der Waals surface area (Å²) in [5.41, 5.74) is 3.89. The molecular weight excluding hydrogens is 286 g/mol. The summed E-state index contributed by atoms with van der Waals surface area (Å²) >= 11 is 0. The first kappa shape index (κ1) is 14.8. The first-order chi connectivity index (χ1) is 11.4. The van der Waals surface area contributed by atoms with Gasteiger partial charge in [0.15, 0.2) is 0 Å². The molecule has 1 aromatic carbocycles. The molecule has 4 rings (SSSR count). The van der Waals surface area contributed by atoms with Gasteiger partial charge in [0.05, 0.1) is 6.04 Å². The molecule has 1 atom stereocenters. The van der Waals surface area contributed by atoms with E-state index in [0.29, 0.717) is 6.04 Å². The van der Waals surface area contributed by atoms with Gasteiger partial charge in [-0.05, 0) is 44.2 Å². The summed E-state index contributed by atoms with van der Waals surface area (Å²) in [5, 5.41) is 7.88. The van der Waals surface area contributed by atoms with Crippen molar-refractivity contribution in [1.82, 2.24) is 10.1 Å². The lowest BCUT2D eigenvalue weighted by molar-refractivity contribution is 0.133. The zero-order valence-electron chi connectivity index (χ0n) is 13.6. The Balaban J connectivity index is 1.59. The van der Waals surface area contributed by atoms with Crippen molar-refractivity contribution in [1.29, 1.82) is 0 Å². The number of hydrogen-bond donors (Lipinski definition) is 1. The molecule has 0 spiro atoms. The van der Waals surface area contributed by atoms with Gasteiger partial charge in [-0.25, -0.2) is 0 Å². The van der Waals surface area contributed by atoms with Crippen molar-refractivity contribution in [3.63, 3.8) is 0 Å². The number of nitrogens with zero attached hydrogens (tertiary/aromatic N) is 2. The number of hydrogen-bond acceptors (Lipinski definition) is 4. The minimum Gasteiger partial charge on any atom is -0.354 e. The number of benzene rings is 1. The van der Waals surface area contributed by atoms with Gasteiger partial charge in [-0.2, -0.15) is 0 Å². The largest absolute Gasteiger partial charge is 0.354 e. The van der Waals surface area contributed by atoms with Crippen LogP contribution in [0, 0.1) is 0 Å². The fourth-order valence-electron chi connectivity index (χ4n) is 3.90. The number of likely N-dealkylation sites (tertiary alicyclic amines) is 1. The van der Waals surface area contributed by atoms with Crippen molar-refractivity contribution in [2.75, 3.05) is 18.4 Å². The van der Waals surface area contributed by atoms with Gasteiger partial charge >= 0.3 is 0 Å². The average Bonchev–Trinajstić information content (AvgIpc) is 2.84. The highest BCUT2D eigenvalue weighted by Crippen LogP contribution is 2.37. The van der Waals surface area contributed by atoms with Crippen LogP contribution in [0.5, 0.6) is 0 Å². The second kappa shape index (κ2) is 6.75. The molecule has 0 radical (unpaired) electrons. The highest BCUT2D eigenvalue weighted by Gasteiger charge is 2.30. The van der Waals surface area contributed by atoms with Crippen LogP contribution in [-0.2, 0) is 13.0 Å². The molecule has 0 aliphatic carbocycles. The lowest BCUT2D eigenvalue weighted by Gasteiger charge is -2.35. The van der Waals surface area contributed by atoms with Crippen LogP contribution in [0.4, 0.5) is 5.88 Å². The Hall–Kier alpha value is -1.81. The highest BCUT2D eigenvalue weighted by atomic mass is 16.5. The molecule has 2 aliphatic rings. The van der Waals surface area contributed by atoms with Crippen LogP contribution in [0.2, 0.25) is 0 Å². The first-order valence-corrected chi connectivity index (χ1v) is 8.92. The molecule has 1 fully saturated rings. The summed E-state index contributed by atoms with van der Waals surface area (Å²) in [5.74, 6) is 0.919. The molecule has 0 saturated carbocycles. The van der Waals surface area contributed by atoms with Crippen LogP contribution in [-0.4, -0.2) is 23.1 Å². The Morgan fingerprint density at radius 2 is 2.04 bits per heavy atom. The third-order valence-corrected chi connectivity index (χ3v) is 5.12. The number of rotatable bonds is 3. The van der Waals surface area contributed by atoms with Crippen LogP contribution >= 0.6 is 0 Å². The van der Waals surface area contributed by atoms with E-state index in [1.54, 1.807) is 0 Å². The van der Waals surface area contributed by atoms with Crippen molar-refractivity contribution >= 4 is 5.88 Å². The Morgan fingerprint density at radius 3 is 2.96 bits per heavy atom. The predicted octanol–water partition coefficient (Wildman–Crippen LogP) is 4.15. The normalized spacial score (nSPS) is 22.2. The summed E-state index contributed by atoms with van der Waals surface area (Å²) < 4.78 is 5.63. The number of nitrogens with one attached hydrogen (secondary N) is 1. The van der Waals surface area contributed by atoms with Gasteiger partial charge in [-0.3, -0.25) is 4.90 Å². The summed E-state index contributed by atoms with van der Waals surface area (Å²) in [6.45, 7) is 3.15. The maximum absolute atomic E-state index is 5.63. The number of fused-ring (bicyclic) bond motifs is 1. The van der Waals surface area contributed by atoms with Crippen LogP contribution in [0.3, 0.4) is 0 Å². The lowest BCUT2D eigenvalue weighted by Crippen LogP contribution is -2.33. The van der Waals surface area contributed by atoms with Crippen molar-refractivity contribution in [2.45, 2.75) is 51.1 Å². The summed E-state index contributed by atoms with van der Waals surface area (Å²) in [6.07, 6.45) is 7.27. The molecule has 122 valence electrons. The maximum atomic E-state index is 5.63. The van der Waals surface area contributed by atoms with E-state index in [0.717, 1.165) is 31.9 Å². The molecule has 4 nitrogen and oxygen atoms in total. The van der Waals surface area contributed by atoms with Gasteiger partial charge in [0, 0.05) is 18.7 Å². The molecule has 3 heterocycles. The van der Waals surface area contributed by atoms with Gasteiger partial charge in [-0.15, -0.1) is 0 Å². The Bertz CT molecular complexity index is 637. The smallest absolute Gasteiger partial charge is 0.228 e. The van der Waals surface area contributed by atoms with E-state index in [9.17, 15) is 0 Å². The predicted molar refractivity (Wildman–Crippen MR) is 91.4 cm³/mol. The van der Waals surface area contributed by atoms with Gasteiger partial charge in [0.1, 0.15) is 5.69 Å². The van der Waals surface area contributed by atoms with E-state index in [1.807, 2.05) is 0 Å². The molecule has 23 heavy (non-hydrogen) atoms. The average molecular weight is 311 g/mol. The molecule has 4 heteroatoms. The summed E-state index contributed by atoms with van der Waals surface area (Å²) in [6, 6.07) is 11.2. The third kappa shape index (κ3) is 3.13. The van der Waals surface area contributed by atoms with Crippen molar-refractivity contribution < 1.29 is 4.52 Å². The third-order valence-electron chi connectivity index (χ3n) is 5.12. The molecule has 2 aliphatic heterocycles. The molecule has 1 N–H and O–H groups in total. The Morgan fingerprint density at radius 1 is 1.13 bits per heavy atom. The van der Waals surface area contributed by atoms with Gasteiger partial charge in [0.25, 0.3) is 0 Å². The zero-order chi connectivity index (χ0) is 15.5. The monoisotopic (exact) mass is 311 g/mol. The molecule has 0 amide bonds. The van der Waals surface area contributed by atoms with E-state index in [2.05, 4.69) is 45.7 Å². The standard InChI is InChI=1S/C19H25N3O/c1-2-8-15(9-3-1)14-22-13-7-5-11-17(22)18-16-10-4-6-12-20-19(16)23-21-18/h1-3,8-9,17,20H,4-7,10-14H2. The van der Waals surface area contributed by atoms with E-state index < -0.39 is 0 Å². The van der Waals surface area contributed by atoms with Gasteiger partial charge < -0.3 is 9.84 Å². The minimum atomic E-state index is 0.399. The highest BCUT2D eigenvalue weighted by molar-refractivity contribution is 5.45. The van der Waals surface area contributed by atoms with Crippen LogP contribution in [0.15, 0.2) is 34.9 Å². The quantitative estimate of drug-likeness (QED) is 0.924. The van der Waals surface area contributed by atoms with E-state index in [-0.39, 0.29) is 0 Å². The van der Waals surface area contributed by atoms with E-state index in [4.69, 9.17) is 4.52 Å². The molecule has 0 bridgehead atoms. The lowest BCUT2D eigenvalue weighted by atomic mass is 9.94. The van der Waals surface area contributed by atoms with E-state index >= 15 is 0 Å². The summed E-state index contributed by atoms with van der Waals surface area (Å²) in [4.78, 5) is 2.59. The minimum absolute atomic E-state index is 0.399. The van der Waals surface area contributed by atoms with Gasteiger partial charge in [0.2, 0.25) is 5.88 Å². The van der Waals surface area contributed by atoms with Crippen molar-refractivity contribution in [2.24, 2.45) is 0 Å². The van der Waals surface area contributed by atoms with Crippen LogP contribution in [0.1, 0.15) is 55.0 Å². The summed E-state index contributed by atoms with van der Waals surface area (Å²) in [7, 11) is 0. The maximum Gasteiger partial charge on any atom is 0.228 e. The number of aromatic nitrogens is 1. The molecule has 2 aromatic rings. The Labute approximate surface area is 137 Å². The molecule has 1 unspecified atom stereocenters. The fourth-order valence-corrected chi connectivity index (χ4v) is 3.90. The van der Waals surface area contributed by atoms with Crippen molar-refractivity contribution in [3.05, 3.63) is 47.2 Å². The number of anilines is 1. The van der Waals surface area contributed by atoms with Gasteiger partial charge in [-0.1, -0.05) is 41.9 Å². The SMILES string of the molecule is c1ccc(CN2CCCCC2c2noc3c2CCCCN3)cc1. The second-order valence-corrected chi connectivity index (χ2v) is 6.73.